The Bertz CT molecular complexity index is 1180. The van der Waals surface area contributed by atoms with E-state index in [1.54, 1.807) is 54.6 Å². The molecule has 0 aliphatic rings. The number of ether oxygens (including phenoxy) is 4. The summed E-state index contributed by atoms with van der Waals surface area (Å²) in [4.78, 5) is 12.4. The monoisotopic (exact) mass is 464 g/mol. The maximum Gasteiger partial charge on any atom is 0.271 e. The fourth-order valence-corrected chi connectivity index (χ4v) is 2.98. The van der Waals surface area contributed by atoms with Crippen molar-refractivity contribution in [1.29, 1.82) is 0 Å². The molecule has 1 N–H and O–H groups in total. The lowest BCUT2D eigenvalue weighted by atomic mass is 10.2. The van der Waals surface area contributed by atoms with Crippen LogP contribution in [0.4, 0.5) is 4.39 Å². The van der Waals surface area contributed by atoms with Crippen LogP contribution in [0.5, 0.6) is 23.0 Å². The number of nitrogens with zero attached hydrogens (tertiary/aromatic N) is 1. The van der Waals surface area contributed by atoms with Gasteiger partial charge < -0.3 is 18.9 Å². The Morgan fingerprint density at radius 1 is 0.971 bits per heavy atom. The molecule has 0 radical (unpaired) electrons. The molecule has 3 rings (SSSR count). The van der Waals surface area contributed by atoms with Crippen LogP contribution in [0.1, 0.15) is 21.5 Å². The van der Waals surface area contributed by atoms with Crippen LogP contribution in [0.25, 0.3) is 0 Å². The molecule has 0 aliphatic heterocycles. The van der Waals surface area contributed by atoms with E-state index in [1.807, 2.05) is 0 Å². The normalized spacial score (nSPS) is 10.6. The first-order chi connectivity index (χ1) is 16.5. The van der Waals surface area contributed by atoms with Crippen molar-refractivity contribution >= 4 is 12.1 Å². The van der Waals surface area contributed by atoms with Gasteiger partial charge in [-0.05, 0) is 59.7 Å². The van der Waals surface area contributed by atoms with Crippen LogP contribution in [0.3, 0.4) is 0 Å². The van der Waals surface area contributed by atoms with Crippen LogP contribution in [0.15, 0.2) is 78.4 Å². The summed E-state index contributed by atoms with van der Waals surface area (Å²) in [6.07, 6.45) is 3.10. The zero-order valence-electron chi connectivity index (χ0n) is 18.9. The second-order valence-electron chi connectivity index (χ2n) is 6.99. The van der Waals surface area contributed by atoms with Crippen LogP contribution in [0, 0.1) is 5.82 Å². The third-order valence-corrected chi connectivity index (χ3v) is 4.63. The maximum atomic E-state index is 13.3. The molecular formula is C26H25FN2O5. The largest absolute Gasteiger partial charge is 0.493 e. The molecule has 1 amide bonds. The highest BCUT2D eigenvalue weighted by Gasteiger charge is 2.11. The van der Waals surface area contributed by atoms with E-state index in [2.05, 4.69) is 17.1 Å². The van der Waals surface area contributed by atoms with E-state index in [-0.39, 0.29) is 12.4 Å². The van der Waals surface area contributed by atoms with E-state index in [4.69, 9.17) is 18.9 Å². The van der Waals surface area contributed by atoms with E-state index in [1.165, 1.54) is 32.6 Å². The Kier molecular flexibility index (Phi) is 8.62. The van der Waals surface area contributed by atoms with Gasteiger partial charge in [0.15, 0.2) is 23.0 Å². The fraction of sp³-hybridized carbons (Fsp3) is 0.154. The van der Waals surface area contributed by atoms with Gasteiger partial charge >= 0.3 is 0 Å². The predicted octanol–water partition coefficient (Wildman–Crippen LogP) is 4.75. The summed E-state index contributed by atoms with van der Waals surface area (Å²) in [7, 11) is 3.01. The molecule has 0 saturated heterocycles. The van der Waals surface area contributed by atoms with E-state index >= 15 is 0 Å². The SMILES string of the molecule is C=CCOc1ccc(C(=O)N/N=C/c2ccc(OCc3cccc(F)c3)c(OC)c2)cc1OC. The number of hydrazone groups is 1. The van der Waals surface area contributed by atoms with Gasteiger partial charge in [0, 0.05) is 5.56 Å². The molecule has 0 bridgehead atoms. The molecular weight excluding hydrogens is 439 g/mol. The number of halogens is 1. The first-order valence-corrected chi connectivity index (χ1v) is 10.3. The zero-order chi connectivity index (χ0) is 24.3. The molecule has 0 unspecified atom stereocenters. The molecule has 0 aliphatic carbocycles. The van der Waals surface area contributed by atoms with Crippen molar-refractivity contribution in [3.8, 4) is 23.0 Å². The average molecular weight is 464 g/mol. The summed E-state index contributed by atoms with van der Waals surface area (Å²) in [5, 5.41) is 4.01. The number of amides is 1. The molecule has 3 aromatic rings. The van der Waals surface area contributed by atoms with Gasteiger partial charge in [-0.1, -0.05) is 24.8 Å². The number of rotatable bonds is 11. The maximum absolute atomic E-state index is 13.3. The summed E-state index contributed by atoms with van der Waals surface area (Å²) in [5.41, 5.74) is 4.22. The summed E-state index contributed by atoms with van der Waals surface area (Å²) >= 11 is 0. The number of hydrogen-bond acceptors (Lipinski definition) is 6. The van der Waals surface area contributed by atoms with E-state index in [9.17, 15) is 9.18 Å². The van der Waals surface area contributed by atoms with Crippen LogP contribution < -0.4 is 24.4 Å². The minimum Gasteiger partial charge on any atom is -0.493 e. The number of hydrogen-bond donors (Lipinski definition) is 1. The standard InChI is InChI=1S/C26H25FN2O5/c1-4-12-33-22-11-9-20(15-25(22)32-3)26(30)29-28-16-18-8-10-23(24(14-18)31-2)34-17-19-6-5-7-21(27)13-19/h4-11,13-16H,1,12,17H2,2-3H3,(H,29,30)/b28-16+. The van der Waals surface area contributed by atoms with Gasteiger partial charge in [0.2, 0.25) is 0 Å². The topological polar surface area (TPSA) is 78.4 Å². The minimum atomic E-state index is -0.410. The molecule has 176 valence electrons. The quantitative estimate of drug-likeness (QED) is 0.252. The van der Waals surface area contributed by atoms with Crippen molar-refractivity contribution in [2.24, 2.45) is 5.10 Å². The summed E-state index contributed by atoms with van der Waals surface area (Å²) in [6.45, 7) is 4.12. The molecule has 7 nitrogen and oxygen atoms in total. The predicted molar refractivity (Wildman–Crippen MR) is 127 cm³/mol. The Balaban J connectivity index is 1.62. The van der Waals surface area contributed by atoms with Crippen LogP contribution >= 0.6 is 0 Å². The molecule has 0 atom stereocenters. The lowest BCUT2D eigenvalue weighted by molar-refractivity contribution is 0.0954. The lowest BCUT2D eigenvalue weighted by Crippen LogP contribution is -2.17. The van der Waals surface area contributed by atoms with E-state index in [0.29, 0.717) is 46.3 Å². The number of carbonyl (C=O) groups excluding carboxylic acids is 1. The van der Waals surface area contributed by atoms with Crippen molar-refractivity contribution in [2.75, 3.05) is 20.8 Å². The Hall–Kier alpha value is -4.33. The highest BCUT2D eigenvalue weighted by atomic mass is 19.1. The highest BCUT2D eigenvalue weighted by molar-refractivity contribution is 5.95. The van der Waals surface area contributed by atoms with Crippen molar-refractivity contribution in [2.45, 2.75) is 6.61 Å². The number of methoxy groups -OCH3 is 2. The number of benzene rings is 3. The summed E-state index contributed by atoms with van der Waals surface area (Å²) < 4.78 is 35.2. The second kappa shape index (κ2) is 12.1. The Labute approximate surface area is 197 Å². The molecule has 3 aromatic carbocycles. The summed E-state index contributed by atoms with van der Waals surface area (Å²) in [5.74, 6) is 1.18. The van der Waals surface area contributed by atoms with Crippen LogP contribution in [-0.2, 0) is 6.61 Å². The second-order valence-corrected chi connectivity index (χ2v) is 6.99. The molecule has 0 fully saturated rings. The van der Waals surface area contributed by atoms with Crippen LogP contribution in [-0.4, -0.2) is 32.9 Å². The third kappa shape index (κ3) is 6.59. The fourth-order valence-electron chi connectivity index (χ4n) is 2.98. The van der Waals surface area contributed by atoms with E-state index < -0.39 is 5.91 Å². The molecule has 0 saturated carbocycles. The van der Waals surface area contributed by atoms with Crippen molar-refractivity contribution in [3.63, 3.8) is 0 Å². The van der Waals surface area contributed by atoms with Gasteiger partial charge in [-0.25, -0.2) is 9.82 Å². The van der Waals surface area contributed by atoms with E-state index in [0.717, 1.165) is 0 Å². The smallest absolute Gasteiger partial charge is 0.271 e. The zero-order valence-corrected chi connectivity index (χ0v) is 18.9. The Morgan fingerprint density at radius 3 is 2.44 bits per heavy atom. The van der Waals surface area contributed by atoms with Gasteiger partial charge in [-0.2, -0.15) is 5.10 Å². The Morgan fingerprint density at radius 2 is 1.71 bits per heavy atom. The molecule has 8 heteroatoms. The highest BCUT2D eigenvalue weighted by Crippen LogP contribution is 2.29. The van der Waals surface area contributed by atoms with Gasteiger partial charge in [0.25, 0.3) is 5.91 Å². The van der Waals surface area contributed by atoms with Crippen molar-refractivity contribution in [1.82, 2.24) is 5.43 Å². The number of nitrogens with one attached hydrogen (secondary N) is 1. The third-order valence-electron chi connectivity index (χ3n) is 4.63. The number of carbonyl (C=O) groups is 1. The van der Waals surface area contributed by atoms with Gasteiger partial charge in [-0.3, -0.25) is 4.79 Å². The minimum absolute atomic E-state index is 0.193. The van der Waals surface area contributed by atoms with Gasteiger partial charge in [0.05, 0.1) is 20.4 Å². The molecule has 0 heterocycles. The lowest BCUT2D eigenvalue weighted by Gasteiger charge is -2.11. The van der Waals surface area contributed by atoms with Crippen molar-refractivity contribution in [3.05, 3.63) is 95.8 Å². The van der Waals surface area contributed by atoms with Gasteiger partial charge in [-0.15, -0.1) is 0 Å². The average Bonchev–Trinajstić information content (AvgIpc) is 2.86. The first-order valence-electron chi connectivity index (χ1n) is 10.3. The summed E-state index contributed by atoms with van der Waals surface area (Å²) in [6, 6.07) is 16.2. The molecule has 0 aromatic heterocycles. The molecule has 0 spiro atoms. The molecule has 34 heavy (non-hydrogen) atoms. The van der Waals surface area contributed by atoms with Crippen LogP contribution in [0.2, 0.25) is 0 Å². The first kappa shape index (κ1) is 24.3. The van der Waals surface area contributed by atoms with Crippen molar-refractivity contribution < 1.29 is 28.1 Å². The van der Waals surface area contributed by atoms with Gasteiger partial charge in [0.1, 0.15) is 19.0 Å².